The quantitative estimate of drug-likeness (QED) is 0.819. The maximum atomic E-state index is 9.12. The van der Waals surface area contributed by atoms with E-state index in [-0.39, 0.29) is 12.6 Å². The van der Waals surface area contributed by atoms with Gasteiger partial charge in [0.15, 0.2) is 0 Å². The van der Waals surface area contributed by atoms with Gasteiger partial charge >= 0.3 is 0 Å². The standard InChI is InChI=1S/C17H22N2O2/c1-3-9-18-13(2)15-7-8-17(19-11-15)21-16-6-4-5-14(10-16)12-20/h4-8,10-11,13,18,20H,3,9,12H2,1-2H3. The highest BCUT2D eigenvalue weighted by atomic mass is 16.5. The summed E-state index contributed by atoms with van der Waals surface area (Å²) < 4.78 is 5.69. The monoisotopic (exact) mass is 286 g/mol. The van der Waals surface area contributed by atoms with Crippen molar-refractivity contribution in [3.8, 4) is 11.6 Å². The minimum Gasteiger partial charge on any atom is -0.439 e. The van der Waals surface area contributed by atoms with Crippen molar-refractivity contribution in [3.05, 3.63) is 53.7 Å². The molecule has 1 unspecified atom stereocenters. The summed E-state index contributed by atoms with van der Waals surface area (Å²) in [5.74, 6) is 1.23. The van der Waals surface area contributed by atoms with Crippen molar-refractivity contribution in [1.82, 2.24) is 10.3 Å². The van der Waals surface area contributed by atoms with Gasteiger partial charge in [-0.25, -0.2) is 4.98 Å². The number of aromatic nitrogens is 1. The third-order valence-corrected chi connectivity index (χ3v) is 3.26. The summed E-state index contributed by atoms with van der Waals surface area (Å²) in [6.07, 6.45) is 2.94. The molecule has 0 saturated heterocycles. The van der Waals surface area contributed by atoms with Crippen LogP contribution < -0.4 is 10.1 Å². The van der Waals surface area contributed by atoms with Crippen LogP contribution in [0.5, 0.6) is 11.6 Å². The Balaban J connectivity index is 2.01. The van der Waals surface area contributed by atoms with Crippen molar-refractivity contribution >= 4 is 0 Å². The van der Waals surface area contributed by atoms with Gasteiger partial charge in [-0.1, -0.05) is 25.1 Å². The molecule has 112 valence electrons. The van der Waals surface area contributed by atoms with Crippen LogP contribution in [0.2, 0.25) is 0 Å². The van der Waals surface area contributed by atoms with Crippen LogP contribution in [0.25, 0.3) is 0 Å². The molecule has 2 N–H and O–H groups in total. The summed E-state index contributed by atoms with van der Waals surface area (Å²) >= 11 is 0. The van der Waals surface area contributed by atoms with E-state index in [2.05, 4.69) is 24.1 Å². The molecule has 0 spiro atoms. The number of benzene rings is 1. The molecule has 0 bridgehead atoms. The molecule has 2 rings (SSSR count). The smallest absolute Gasteiger partial charge is 0.219 e. The maximum Gasteiger partial charge on any atom is 0.219 e. The lowest BCUT2D eigenvalue weighted by Gasteiger charge is -2.13. The molecule has 1 aromatic heterocycles. The Hall–Kier alpha value is -1.91. The molecule has 4 nitrogen and oxygen atoms in total. The van der Waals surface area contributed by atoms with Gasteiger partial charge in [-0.3, -0.25) is 0 Å². The lowest BCUT2D eigenvalue weighted by Crippen LogP contribution is -2.19. The molecular formula is C17H22N2O2. The number of rotatable bonds is 7. The second-order valence-electron chi connectivity index (χ2n) is 5.01. The molecule has 1 atom stereocenters. The fraction of sp³-hybridized carbons (Fsp3) is 0.353. The van der Waals surface area contributed by atoms with Gasteiger partial charge in [0.1, 0.15) is 5.75 Å². The van der Waals surface area contributed by atoms with Crippen molar-refractivity contribution < 1.29 is 9.84 Å². The lowest BCUT2D eigenvalue weighted by molar-refractivity contribution is 0.281. The van der Waals surface area contributed by atoms with Crippen LogP contribution in [0.1, 0.15) is 37.4 Å². The van der Waals surface area contributed by atoms with Gasteiger partial charge in [0, 0.05) is 18.3 Å². The summed E-state index contributed by atoms with van der Waals surface area (Å²) in [6, 6.07) is 11.5. The first-order valence-corrected chi connectivity index (χ1v) is 7.30. The highest BCUT2D eigenvalue weighted by molar-refractivity contribution is 5.32. The van der Waals surface area contributed by atoms with Crippen molar-refractivity contribution in [2.75, 3.05) is 6.54 Å². The zero-order valence-electron chi connectivity index (χ0n) is 12.5. The summed E-state index contributed by atoms with van der Waals surface area (Å²) in [6.45, 7) is 5.27. The van der Waals surface area contributed by atoms with Crippen LogP contribution in [-0.2, 0) is 6.61 Å². The Kier molecular flexibility index (Phi) is 5.72. The van der Waals surface area contributed by atoms with Crippen LogP contribution in [-0.4, -0.2) is 16.6 Å². The van der Waals surface area contributed by atoms with Crippen LogP contribution in [0.15, 0.2) is 42.6 Å². The number of aliphatic hydroxyl groups is 1. The second-order valence-corrected chi connectivity index (χ2v) is 5.01. The van der Waals surface area contributed by atoms with E-state index in [1.165, 1.54) is 0 Å². The Bertz CT molecular complexity index is 555. The van der Waals surface area contributed by atoms with Gasteiger partial charge in [0.05, 0.1) is 6.61 Å². The Morgan fingerprint density at radius 2 is 2.14 bits per heavy atom. The predicted octanol–water partition coefficient (Wildman–Crippen LogP) is 3.43. The van der Waals surface area contributed by atoms with E-state index in [9.17, 15) is 0 Å². The number of nitrogens with zero attached hydrogens (tertiary/aromatic N) is 1. The van der Waals surface area contributed by atoms with Gasteiger partial charge in [-0.05, 0) is 43.1 Å². The van der Waals surface area contributed by atoms with E-state index < -0.39 is 0 Å². The number of ether oxygens (including phenoxy) is 1. The number of hydrogen-bond acceptors (Lipinski definition) is 4. The fourth-order valence-electron chi connectivity index (χ4n) is 2.02. The van der Waals surface area contributed by atoms with Crippen molar-refractivity contribution in [3.63, 3.8) is 0 Å². The number of pyridine rings is 1. The highest BCUT2D eigenvalue weighted by Gasteiger charge is 2.06. The molecular weight excluding hydrogens is 264 g/mol. The number of hydrogen-bond donors (Lipinski definition) is 2. The molecule has 2 aromatic rings. The molecule has 0 aliphatic carbocycles. The summed E-state index contributed by atoms with van der Waals surface area (Å²) in [4.78, 5) is 4.33. The van der Waals surface area contributed by atoms with Gasteiger partial charge in [-0.15, -0.1) is 0 Å². The fourth-order valence-corrected chi connectivity index (χ4v) is 2.02. The maximum absolute atomic E-state index is 9.12. The van der Waals surface area contributed by atoms with Crippen molar-refractivity contribution in [2.24, 2.45) is 0 Å². The first kappa shape index (κ1) is 15.5. The van der Waals surface area contributed by atoms with E-state index >= 15 is 0 Å². The first-order chi connectivity index (χ1) is 10.2. The van der Waals surface area contributed by atoms with E-state index in [4.69, 9.17) is 9.84 Å². The molecule has 4 heteroatoms. The summed E-state index contributed by atoms with van der Waals surface area (Å²) in [5.41, 5.74) is 1.96. The second kappa shape index (κ2) is 7.76. The zero-order valence-corrected chi connectivity index (χ0v) is 12.5. The average Bonchev–Trinajstić information content (AvgIpc) is 2.53. The summed E-state index contributed by atoms with van der Waals surface area (Å²) in [7, 11) is 0. The van der Waals surface area contributed by atoms with Crippen molar-refractivity contribution in [2.45, 2.75) is 32.9 Å². The van der Waals surface area contributed by atoms with E-state index in [0.29, 0.717) is 11.6 Å². The predicted molar refractivity (Wildman–Crippen MR) is 83.4 cm³/mol. The normalized spacial score (nSPS) is 12.1. The van der Waals surface area contributed by atoms with Gasteiger partial charge in [0.25, 0.3) is 0 Å². The Morgan fingerprint density at radius 3 is 2.81 bits per heavy atom. The minimum absolute atomic E-state index is 0.00415. The lowest BCUT2D eigenvalue weighted by atomic mass is 10.1. The molecule has 0 aliphatic rings. The number of aliphatic hydroxyl groups excluding tert-OH is 1. The Morgan fingerprint density at radius 1 is 1.29 bits per heavy atom. The van der Waals surface area contributed by atoms with Gasteiger partial charge in [0.2, 0.25) is 5.88 Å². The molecule has 21 heavy (non-hydrogen) atoms. The third kappa shape index (κ3) is 4.55. The largest absolute Gasteiger partial charge is 0.439 e. The molecule has 0 fully saturated rings. The molecule has 0 radical (unpaired) electrons. The highest BCUT2D eigenvalue weighted by Crippen LogP contribution is 2.22. The van der Waals surface area contributed by atoms with Crippen LogP contribution in [0.3, 0.4) is 0 Å². The Labute approximate surface area is 125 Å². The zero-order chi connectivity index (χ0) is 15.1. The van der Waals surface area contributed by atoms with Crippen molar-refractivity contribution in [1.29, 1.82) is 0 Å². The van der Waals surface area contributed by atoms with Gasteiger partial charge in [-0.2, -0.15) is 0 Å². The number of nitrogens with one attached hydrogen (secondary N) is 1. The molecule has 1 heterocycles. The molecule has 0 amide bonds. The summed E-state index contributed by atoms with van der Waals surface area (Å²) in [5, 5.41) is 12.5. The first-order valence-electron chi connectivity index (χ1n) is 7.30. The molecule has 0 aliphatic heterocycles. The van der Waals surface area contributed by atoms with Crippen LogP contribution in [0, 0.1) is 0 Å². The van der Waals surface area contributed by atoms with E-state index in [0.717, 1.165) is 24.1 Å². The third-order valence-electron chi connectivity index (χ3n) is 3.26. The minimum atomic E-state index is 0.00415. The SMILES string of the molecule is CCCNC(C)c1ccc(Oc2cccc(CO)c2)nc1. The van der Waals surface area contributed by atoms with Gasteiger partial charge < -0.3 is 15.2 Å². The van der Waals surface area contributed by atoms with Crippen LogP contribution in [0.4, 0.5) is 0 Å². The van der Waals surface area contributed by atoms with E-state index in [1.54, 1.807) is 6.07 Å². The molecule has 1 aromatic carbocycles. The van der Waals surface area contributed by atoms with Crippen LogP contribution >= 0.6 is 0 Å². The van der Waals surface area contributed by atoms with E-state index in [1.807, 2.05) is 36.5 Å². The topological polar surface area (TPSA) is 54.4 Å². The average molecular weight is 286 g/mol. The molecule has 0 saturated carbocycles.